The summed E-state index contributed by atoms with van der Waals surface area (Å²) in [5.41, 5.74) is 1.91. The Morgan fingerprint density at radius 3 is 2.82 bits per heavy atom. The molecule has 6 heteroatoms. The van der Waals surface area contributed by atoms with Crippen LogP contribution in [-0.2, 0) is 18.4 Å². The summed E-state index contributed by atoms with van der Waals surface area (Å²) in [6.07, 6.45) is 0.715. The van der Waals surface area contributed by atoms with Crippen molar-refractivity contribution in [3.63, 3.8) is 0 Å². The molecule has 1 N–H and O–H groups in total. The Morgan fingerprint density at radius 1 is 1.65 bits per heavy atom. The van der Waals surface area contributed by atoms with E-state index in [1.54, 1.807) is 4.68 Å². The minimum atomic E-state index is -0.707. The third-order valence-electron chi connectivity index (χ3n) is 3.27. The van der Waals surface area contributed by atoms with E-state index < -0.39 is 5.97 Å². The highest BCUT2D eigenvalue weighted by Crippen LogP contribution is 2.24. The van der Waals surface area contributed by atoms with Gasteiger partial charge < -0.3 is 5.11 Å². The second-order valence-electron chi connectivity index (χ2n) is 4.54. The lowest BCUT2D eigenvalue weighted by molar-refractivity contribution is -0.141. The molecule has 1 aliphatic heterocycles. The van der Waals surface area contributed by atoms with Crippen LogP contribution in [0.5, 0.6) is 0 Å². The summed E-state index contributed by atoms with van der Waals surface area (Å²) in [4.78, 5) is 13.0. The van der Waals surface area contributed by atoms with Gasteiger partial charge in [0.1, 0.15) is 5.15 Å². The normalized spacial score (nSPS) is 21.0. The van der Waals surface area contributed by atoms with Gasteiger partial charge in [0.25, 0.3) is 0 Å². The summed E-state index contributed by atoms with van der Waals surface area (Å²) in [6, 6.07) is 0. The van der Waals surface area contributed by atoms with Gasteiger partial charge in [0.2, 0.25) is 0 Å². The van der Waals surface area contributed by atoms with Crippen LogP contribution < -0.4 is 0 Å². The average molecular weight is 258 g/mol. The van der Waals surface area contributed by atoms with Crippen molar-refractivity contribution in [1.29, 1.82) is 0 Å². The minimum Gasteiger partial charge on any atom is -0.481 e. The highest BCUT2D eigenvalue weighted by atomic mass is 35.5. The van der Waals surface area contributed by atoms with E-state index in [4.69, 9.17) is 16.7 Å². The van der Waals surface area contributed by atoms with Gasteiger partial charge in [-0.05, 0) is 19.9 Å². The molecule has 1 aromatic heterocycles. The first-order valence-electron chi connectivity index (χ1n) is 5.62. The van der Waals surface area contributed by atoms with Gasteiger partial charge in [-0.2, -0.15) is 5.10 Å². The smallest absolute Gasteiger partial charge is 0.307 e. The molecule has 1 fully saturated rings. The maximum atomic E-state index is 10.9. The van der Waals surface area contributed by atoms with Gasteiger partial charge in [0.15, 0.2) is 0 Å². The van der Waals surface area contributed by atoms with Crippen LogP contribution in [0, 0.1) is 12.8 Å². The molecule has 2 rings (SSSR count). The Balaban J connectivity index is 2.05. The molecule has 1 unspecified atom stereocenters. The van der Waals surface area contributed by atoms with Gasteiger partial charge in [-0.3, -0.25) is 14.4 Å². The van der Waals surface area contributed by atoms with Crippen molar-refractivity contribution in [3.8, 4) is 0 Å². The van der Waals surface area contributed by atoms with Gasteiger partial charge >= 0.3 is 5.97 Å². The first-order chi connectivity index (χ1) is 7.99. The Bertz CT molecular complexity index is 444. The number of hydrogen-bond donors (Lipinski definition) is 1. The summed E-state index contributed by atoms with van der Waals surface area (Å²) in [5, 5.41) is 13.8. The van der Waals surface area contributed by atoms with Gasteiger partial charge in [-0.1, -0.05) is 11.6 Å². The Labute approximate surface area is 105 Å². The first kappa shape index (κ1) is 12.4. The third kappa shape index (κ3) is 2.45. The fourth-order valence-electron chi connectivity index (χ4n) is 2.25. The van der Waals surface area contributed by atoms with E-state index >= 15 is 0 Å². The molecule has 0 amide bonds. The number of aromatic nitrogens is 2. The zero-order valence-electron chi connectivity index (χ0n) is 9.98. The second kappa shape index (κ2) is 4.66. The van der Waals surface area contributed by atoms with E-state index in [0.29, 0.717) is 24.7 Å². The number of carboxylic acids is 1. The second-order valence-corrected chi connectivity index (χ2v) is 4.90. The van der Waals surface area contributed by atoms with Crippen molar-refractivity contribution in [2.24, 2.45) is 13.0 Å². The van der Waals surface area contributed by atoms with Crippen LogP contribution in [0.4, 0.5) is 0 Å². The number of aryl methyl sites for hydroxylation is 2. The topological polar surface area (TPSA) is 58.4 Å². The fraction of sp³-hybridized carbons (Fsp3) is 0.636. The van der Waals surface area contributed by atoms with Crippen LogP contribution in [0.15, 0.2) is 0 Å². The maximum absolute atomic E-state index is 10.9. The summed E-state index contributed by atoms with van der Waals surface area (Å²) in [5.74, 6) is -0.952. The van der Waals surface area contributed by atoms with Crippen molar-refractivity contribution in [3.05, 3.63) is 16.4 Å². The molecule has 5 nitrogen and oxygen atoms in total. The number of nitrogens with zero attached hydrogens (tertiary/aromatic N) is 3. The Kier molecular flexibility index (Phi) is 3.40. The van der Waals surface area contributed by atoms with Crippen LogP contribution in [-0.4, -0.2) is 38.8 Å². The zero-order valence-corrected chi connectivity index (χ0v) is 10.7. The van der Waals surface area contributed by atoms with Crippen molar-refractivity contribution in [2.75, 3.05) is 13.1 Å². The number of aliphatic carboxylic acids is 1. The average Bonchev–Trinajstić information content (AvgIpc) is 2.80. The number of carbonyl (C=O) groups is 1. The molecule has 0 aromatic carbocycles. The van der Waals surface area contributed by atoms with E-state index in [-0.39, 0.29) is 5.92 Å². The largest absolute Gasteiger partial charge is 0.481 e. The first-order valence-corrected chi connectivity index (χ1v) is 6.00. The van der Waals surface area contributed by atoms with Crippen LogP contribution >= 0.6 is 11.6 Å². The van der Waals surface area contributed by atoms with E-state index in [1.807, 2.05) is 14.0 Å². The van der Waals surface area contributed by atoms with E-state index in [0.717, 1.165) is 17.8 Å². The molecule has 0 saturated carbocycles. The number of carboxylic acid groups (broad SMARTS) is 1. The summed E-state index contributed by atoms with van der Waals surface area (Å²) in [7, 11) is 1.81. The SMILES string of the molecule is Cc1nn(C)c(Cl)c1CN1CCC(C(=O)O)C1. The van der Waals surface area contributed by atoms with E-state index in [9.17, 15) is 4.79 Å². The van der Waals surface area contributed by atoms with E-state index in [2.05, 4.69) is 10.00 Å². The minimum absolute atomic E-state index is 0.245. The number of hydrogen-bond acceptors (Lipinski definition) is 3. The maximum Gasteiger partial charge on any atom is 0.307 e. The fourth-order valence-corrected chi connectivity index (χ4v) is 2.49. The number of rotatable bonds is 3. The van der Waals surface area contributed by atoms with E-state index in [1.165, 1.54) is 0 Å². The number of halogens is 1. The van der Waals surface area contributed by atoms with Crippen molar-refractivity contribution in [1.82, 2.24) is 14.7 Å². The molecule has 17 heavy (non-hydrogen) atoms. The molecule has 0 bridgehead atoms. The highest BCUT2D eigenvalue weighted by Gasteiger charge is 2.28. The number of likely N-dealkylation sites (tertiary alicyclic amines) is 1. The lowest BCUT2D eigenvalue weighted by atomic mass is 10.1. The van der Waals surface area contributed by atoms with Gasteiger partial charge in [-0.15, -0.1) is 0 Å². The van der Waals surface area contributed by atoms with Crippen LogP contribution in [0.3, 0.4) is 0 Å². The standard InChI is InChI=1S/C11H16ClN3O2/c1-7-9(10(12)14(2)13-7)6-15-4-3-8(5-15)11(16)17/h8H,3-6H2,1-2H3,(H,16,17). The lowest BCUT2D eigenvalue weighted by Crippen LogP contribution is -2.23. The van der Waals surface area contributed by atoms with Crippen LogP contribution in [0.2, 0.25) is 5.15 Å². The molecule has 0 aliphatic carbocycles. The molecule has 94 valence electrons. The molecule has 2 heterocycles. The molecule has 1 aliphatic rings. The Hall–Kier alpha value is -1.07. The predicted octanol–water partition coefficient (Wildman–Crippen LogP) is 1.29. The summed E-state index contributed by atoms with van der Waals surface area (Å²) >= 11 is 6.15. The third-order valence-corrected chi connectivity index (χ3v) is 3.75. The molecule has 1 aromatic rings. The molecular formula is C11H16ClN3O2. The van der Waals surface area contributed by atoms with Gasteiger partial charge in [0.05, 0.1) is 11.6 Å². The zero-order chi connectivity index (χ0) is 12.6. The summed E-state index contributed by atoms with van der Waals surface area (Å²) < 4.78 is 1.65. The summed E-state index contributed by atoms with van der Waals surface area (Å²) in [6.45, 7) is 4.01. The molecule has 1 atom stereocenters. The molecular weight excluding hydrogens is 242 g/mol. The quantitative estimate of drug-likeness (QED) is 0.887. The predicted molar refractivity (Wildman–Crippen MR) is 64.0 cm³/mol. The monoisotopic (exact) mass is 257 g/mol. The Morgan fingerprint density at radius 2 is 2.35 bits per heavy atom. The highest BCUT2D eigenvalue weighted by molar-refractivity contribution is 6.30. The van der Waals surface area contributed by atoms with Crippen molar-refractivity contribution < 1.29 is 9.90 Å². The van der Waals surface area contributed by atoms with Crippen molar-refractivity contribution in [2.45, 2.75) is 19.9 Å². The lowest BCUT2D eigenvalue weighted by Gasteiger charge is -2.14. The van der Waals surface area contributed by atoms with Gasteiger partial charge in [-0.25, -0.2) is 0 Å². The molecule has 1 saturated heterocycles. The molecule has 0 spiro atoms. The van der Waals surface area contributed by atoms with Crippen LogP contribution in [0.1, 0.15) is 17.7 Å². The van der Waals surface area contributed by atoms with Gasteiger partial charge in [0, 0.05) is 25.7 Å². The van der Waals surface area contributed by atoms with Crippen molar-refractivity contribution >= 4 is 17.6 Å². The van der Waals surface area contributed by atoms with Crippen LogP contribution in [0.25, 0.3) is 0 Å². The molecule has 0 radical (unpaired) electrons.